The number of thiophene rings is 2. The zero-order valence-corrected chi connectivity index (χ0v) is 13.4. The summed E-state index contributed by atoms with van der Waals surface area (Å²) in [5.74, 6) is 0. The van der Waals surface area contributed by atoms with Gasteiger partial charge in [-0.05, 0) is 36.4 Å². The summed E-state index contributed by atoms with van der Waals surface area (Å²) in [5.41, 5.74) is 2.30. The van der Waals surface area contributed by atoms with E-state index in [0.29, 0.717) is 5.56 Å². The van der Waals surface area contributed by atoms with Crippen LogP contribution in [-0.2, 0) is 0 Å². The Morgan fingerprint density at radius 1 is 1.00 bits per heavy atom. The molecule has 0 fully saturated rings. The third kappa shape index (κ3) is 2.46. The van der Waals surface area contributed by atoms with Crippen LogP contribution in [0.4, 0.5) is 0 Å². The number of aldehydes is 1. The van der Waals surface area contributed by atoms with Gasteiger partial charge in [-0.1, -0.05) is 0 Å². The lowest BCUT2D eigenvalue weighted by molar-refractivity contribution is 0.112. The zero-order chi connectivity index (χ0) is 15.8. The Hall–Kier alpha value is -2.75. The quantitative estimate of drug-likeness (QED) is 0.519. The zero-order valence-electron chi connectivity index (χ0n) is 11.8. The minimum atomic E-state index is 0.605. The summed E-state index contributed by atoms with van der Waals surface area (Å²) in [7, 11) is 0. The van der Waals surface area contributed by atoms with Crippen LogP contribution in [0.5, 0.6) is 0 Å². The SMILES string of the molecule is N#Cc1ccc2nc(-c3ccc(-c4ccc(C=O)s4)s3)cn2c1. The highest BCUT2D eigenvalue weighted by Gasteiger charge is 2.10. The van der Waals surface area contributed by atoms with Crippen LogP contribution in [-0.4, -0.2) is 15.7 Å². The second-order valence-corrected chi connectivity index (χ2v) is 7.10. The molecule has 23 heavy (non-hydrogen) atoms. The minimum Gasteiger partial charge on any atom is -0.305 e. The molecule has 6 heteroatoms. The molecule has 110 valence electrons. The van der Waals surface area contributed by atoms with Crippen molar-refractivity contribution < 1.29 is 4.79 Å². The molecule has 0 N–H and O–H groups in total. The second kappa shape index (κ2) is 5.47. The monoisotopic (exact) mass is 335 g/mol. The van der Waals surface area contributed by atoms with Gasteiger partial charge in [0, 0.05) is 22.1 Å². The van der Waals surface area contributed by atoms with Crippen LogP contribution in [0, 0.1) is 11.3 Å². The molecule has 4 nitrogen and oxygen atoms in total. The van der Waals surface area contributed by atoms with Crippen molar-refractivity contribution in [2.24, 2.45) is 0 Å². The molecular weight excluding hydrogens is 326 g/mol. The van der Waals surface area contributed by atoms with Crippen LogP contribution in [0.3, 0.4) is 0 Å². The number of hydrogen-bond acceptors (Lipinski definition) is 5. The van der Waals surface area contributed by atoms with Gasteiger partial charge in [0.2, 0.25) is 0 Å². The van der Waals surface area contributed by atoms with Crippen molar-refractivity contribution in [2.45, 2.75) is 0 Å². The molecule has 0 aliphatic rings. The second-order valence-electron chi connectivity index (χ2n) is 4.90. The highest BCUT2D eigenvalue weighted by molar-refractivity contribution is 7.24. The first-order chi connectivity index (χ1) is 11.3. The first kappa shape index (κ1) is 13.9. The molecule has 0 amide bonds. The molecule has 0 unspecified atom stereocenters. The number of carbonyl (C=O) groups is 1. The van der Waals surface area contributed by atoms with E-state index in [-0.39, 0.29) is 0 Å². The standard InChI is InChI=1S/C17H9N3OS2/c18-7-11-1-6-17-19-13(9-20(17)8-11)14-4-5-16(23-14)15-3-2-12(10-21)22-15/h1-6,8-10H. The Labute approximate surface area is 139 Å². The van der Waals surface area contributed by atoms with Gasteiger partial charge in [0.25, 0.3) is 0 Å². The summed E-state index contributed by atoms with van der Waals surface area (Å²) in [5, 5.41) is 8.97. The molecule has 0 aliphatic heterocycles. The molecule has 4 aromatic heterocycles. The fourth-order valence-corrected chi connectivity index (χ4v) is 4.21. The highest BCUT2D eigenvalue weighted by atomic mass is 32.1. The lowest BCUT2D eigenvalue weighted by Gasteiger charge is -1.91. The van der Waals surface area contributed by atoms with Crippen molar-refractivity contribution in [3.05, 3.63) is 59.2 Å². The van der Waals surface area contributed by atoms with Crippen molar-refractivity contribution in [1.29, 1.82) is 5.26 Å². The van der Waals surface area contributed by atoms with E-state index in [1.165, 1.54) is 11.3 Å². The number of nitrogens with zero attached hydrogens (tertiary/aromatic N) is 3. The van der Waals surface area contributed by atoms with E-state index in [2.05, 4.69) is 11.1 Å². The van der Waals surface area contributed by atoms with Crippen molar-refractivity contribution in [1.82, 2.24) is 9.38 Å². The molecule has 0 aromatic carbocycles. The van der Waals surface area contributed by atoms with Crippen molar-refractivity contribution >= 4 is 34.6 Å². The normalized spacial score (nSPS) is 10.7. The van der Waals surface area contributed by atoms with Crippen molar-refractivity contribution in [2.75, 3.05) is 0 Å². The summed E-state index contributed by atoms with van der Waals surface area (Å²) >= 11 is 3.13. The summed E-state index contributed by atoms with van der Waals surface area (Å²) in [4.78, 5) is 19.4. The van der Waals surface area contributed by atoms with Gasteiger partial charge >= 0.3 is 0 Å². The average Bonchev–Trinajstić information content (AvgIpc) is 3.30. The van der Waals surface area contributed by atoms with Crippen LogP contribution in [0.2, 0.25) is 0 Å². The molecule has 0 radical (unpaired) electrons. The van der Waals surface area contributed by atoms with Gasteiger partial charge in [0.1, 0.15) is 11.7 Å². The smallest absolute Gasteiger partial charge is 0.160 e. The van der Waals surface area contributed by atoms with E-state index >= 15 is 0 Å². The van der Waals surface area contributed by atoms with E-state index in [1.807, 2.05) is 40.9 Å². The van der Waals surface area contributed by atoms with E-state index < -0.39 is 0 Å². The van der Waals surface area contributed by atoms with Crippen molar-refractivity contribution in [3.8, 4) is 26.4 Å². The minimum absolute atomic E-state index is 0.605. The van der Waals surface area contributed by atoms with E-state index in [4.69, 9.17) is 5.26 Å². The number of nitriles is 1. The predicted molar refractivity (Wildman–Crippen MR) is 91.9 cm³/mol. The van der Waals surface area contributed by atoms with Crippen LogP contribution >= 0.6 is 22.7 Å². The van der Waals surface area contributed by atoms with Gasteiger partial charge in [-0.3, -0.25) is 4.79 Å². The number of imidazole rings is 1. The summed E-state index contributed by atoms with van der Waals surface area (Å²) in [6, 6.07) is 13.6. The molecule has 4 aromatic rings. The molecule has 0 atom stereocenters. The Morgan fingerprint density at radius 2 is 1.78 bits per heavy atom. The summed E-state index contributed by atoms with van der Waals surface area (Å²) < 4.78 is 1.86. The fraction of sp³-hybridized carbons (Fsp3) is 0. The largest absolute Gasteiger partial charge is 0.305 e. The third-order valence-electron chi connectivity index (χ3n) is 3.42. The summed E-state index contributed by atoms with van der Waals surface area (Å²) in [6.07, 6.45) is 4.57. The van der Waals surface area contributed by atoms with E-state index in [1.54, 1.807) is 23.6 Å². The molecule has 0 aliphatic carbocycles. The first-order valence-electron chi connectivity index (χ1n) is 6.81. The fourth-order valence-electron chi connectivity index (χ4n) is 2.33. The lowest BCUT2D eigenvalue weighted by Crippen LogP contribution is -1.83. The predicted octanol–water partition coefficient (Wildman–Crippen LogP) is 4.48. The maximum atomic E-state index is 10.8. The molecule has 4 heterocycles. The highest BCUT2D eigenvalue weighted by Crippen LogP contribution is 2.37. The first-order valence-corrected chi connectivity index (χ1v) is 8.44. The Balaban J connectivity index is 1.73. The third-order valence-corrected chi connectivity index (χ3v) is 5.74. The molecular formula is C17H9N3OS2. The van der Waals surface area contributed by atoms with Gasteiger partial charge in [-0.15, -0.1) is 22.7 Å². The molecule has 0 saturated heterocycles. The molecule has 0 bridgehead atoms. The average molecular weight is 335 g/mol. The Kier molecular flexibility index (Phi) is 3.30. The van der Waals surface area contributed by atoms with E-state index in [0.717, 1.165) is 37.1 Å². The van der Waals surface area contributed by atoms with Gasteiger partial charge in [-0.2, -0.15) is 5.26 Å². The van der Waals surface area contributed by atoms with Crippen LogP contribution in [0.25, 0.3) is 26.0 Å². The van der Waals surface area contributed by atoms with Gasteiger partial charge in [0.15, 0.2) is 6.29 Å². The Morgan fingerprint density at radius 3 is 2.57 bits per heavy atom. The van der Waals surface area contributed by atoms with Gasteiger partial charge in [-0.25, -0.2) is 4.98 Å². The van der Waals surface area contributed by atoms with Crippen LogP contribution in [0.1, 0.15) is 15.2 Å². The number of carbonyl (C=O) groups excluding carboxylic acids is 1. The Bertz CT molecular complexity index is 1070. The van der Waals surface area contributed by atoms with Gasteiger partial charge < -0.3 is 4.40 Å². The van der Waals surface area contributed by atoms with Crippen LogP contribution in [0.15, 0.2) is 48.8 Å². The molecule has 0 saturated carbocycles. The number of hydrogen-bond donors (Lipinski definition) is 0. The number of pyridine rings is 1. The van der Waals surface area contributed by atoms with Crippen molar-refractivity contribution in [3.63, 3.8) is 0 Å². The topological polar surface area (TPSA) is 58.2 Å². The summed E-state index contributed by atoms with van der Waals surface area (Å²) in [6.45, 7) is 0. The number of aromatic nitrogens is 2. The number of rotatable bonds is 3. The maximum absolute atomic E-state index is 10.8. The van der Waals surface area contributed by atoms with E-state index in [9.17, 15) is 4.79 Å². The van der Waals surface area contributed by atoms with Gasteiger partial charge in [0.05, 0.1) is 21.0 Å². The molecule has 0 spiro atoms. The van der Waals surface area contributed by atoms with Crippen LogP contribution < -0.4 is 0 Å². The maximum Gasteiger partial charge on any atom is 0.160 e. The molecule has 4 rings (SSSR count). The number of fused-ring (bicyclic) bond motifs is 1. The lowest BCUT2D eigenvalue weighted by atomic mass is 10.3.